The van der Waals surface area contributed by atoms with E-state index < -0.39 is 0 Å². The normalized spacial score (nSPS) is 25.1. The van der Waals surface area contributed by atoms with E-state index in [1.807, 2.05) is 6.07 Å². The maximum absolute atomic E-state index is 6.35. The van der Waals surface area contributed by atoms with Gasteiger partial charge in [0.25, 0.3) is 0 Å². The predicted octanol–water partition coefficient (Wildman–Crippen LogP) is 4.70. The van der Waals surface area contributed by atoms with Gasteiger partial charge in [-0.15, -0.1) is 11.6 Å². The number of piperidine rings is 1. The summed E-state index contributed by atoms with van der Waals surface area (Å²) in [7, 11) is 0. The lowest BCUT2D eigenvalue weighted by atomic mass is 9.94. The number of halogens is 2. The Morgan fingerprint density at radius 2 is 2.06 bits per heavy atom. The third-order valence-electron chi connectivity index (χ3n) is 3.59. The molecule has 0 bridgehead atoms. The quantitative estimate of drug-likeness (QED) is 0.705. The van der Waals surface area contributed by atoms with E-state index in [1.54, 1.807) is 0 Å². The third kappa shape index (κ3) is 2.89. The minimum atomic E-state index is 0.520. The zero-order valence-electron chi connectivity index (χ0n) is 10.4. The molecule has 94 valence electrons. The van der Waals surface area contributed by atoms with Crippen molar-refractivity contribution in [3.8, 4) is 0 Å². The molecular weight excluding hydrogens is 253 g/mol. The average molecular weight is 272 g/mol. The van der Waals surface area contributed by atoms with E-state index in [0.717, 1.165) is 28.7 Å². The summed E-state index contributed by atoms with van der Waals surface area (Å²) in [6.45, 7) is 5.68. The molecule has 2 unspecified atom stereocenters. The maximum Gasteiger partial charge on any atom is 0.0642 e. The molecule has 1 aliphatic heterocycles. The third-order valence-corrected chi connectivity index (χ3v) is 4.20. The summed E-state index contributed by atoms with van der Waals surface area (Å²) in [5.74, 6) is 1.27. The lowest BCUT2D eigenvalue weighted by Gasteiger charge is -2.39. The molecule has 1 heterocycles. The molecule has 1 fully saturated rings. The van der Waals surface area contributed by atoms with Gasteiger partial charge in [0.15, 0.2) is 0 Å². The second kappa shape index (κ2) is 5.49. The van der Waals surface area contributed by atoms with Crippen LogP contribution in [0.5, 0.6) is 0 Å². The van der Waals surface area contributed by atoms with E-state index in [2.05, 4.69) is 30.9 Å². The fourth-order valence-corrected chi connectivity index (χ4v) is 2.97. The van der Waals surface area contributed by atoms with Crippen molar-refractivity contribution in [2.75, 3.05) is 11.4 Å². The largest absolute Gasteiger partial charge is 0.367 e. The van der Waals surface area contributed by atoms with Crippen LogP contribution in [0.2, 0.25) is 5.02 Å². The SMILES string of the molecule is CC1CCC(C)N(c2ccc(CCl)cc2Cl)C1. The van der Waals surface area contributed by atoms with E-state index >= 15 is 0 Å². The van der Waals surface area contributed by atoms with Gasteiger partial charge in [-0.25, -0.2) is 0 Å². The van der Waals surface area contributed by atoms with Gasteiger partial charge in [-0.05, 0) is 43.4 Å². The van der Waals surface area contributed by atoms with Crippen molar-refractivity contribution in [2.45, 2.75) is 38.6 Å². The molecule has 2 atom stereocenters. The average Bonchev–Trinajstić information content (AvgIpc) is 2.32. The molecule has 0 N–H and O–H groups in total. The van der Waals surface area contributed by atoms with E-state index in [-0.39, 0.29) is 0 Å². The van der Waals surface area contributed by atoms with Crippen molar-refractivity contribution >= 4 is 28.9 Å². The van der Waals surface area contributed by atoms with Crippen molar-refractivity contribution in [3.05, 3.63) is 28.8 Å². The van der Waals surface area contributed by atoms with Crippen molar-refractivity contribution in [3.63, 3.8) is 0 Å². The summed E-state index contributed by atoms with van der Waals surface area (Å²) < 4.78 is 0. The van der Waals surface area contributed by atoms with Gasteiger partial charge in [-0.3, -0.25) is 0 Å². The fraction of sp³-hybridized carbons (Fsp3) is 0.571. The molecule has 3 heteroatoms. The van der Waals surface area contributed by atoms with Gasteiger partial charge in [0.1, 0.15) is 0 Å². The molecule has 0 aromatic heterocycles. The summed E-state index contributed by atoms with van der Waals surface area (Å²) in [4.78, 5) is 2.43. The monoisotopic (exact) mass is 271 g/mol. The molecule has 0 spiro atoms. The fourth-order valence-electron chi connectivity index (χ4n) is 2.49. The Morgan fingerprint density at radius 1 is 1.29 bits per heavy atom. The smallest absolute Gasteiger partial charge is 0.0642 e. The van der Waals surface area contributed by atoms with Crippen LogP contribution < -0.4 is 4.90 Å². The van der Waals surface area contributed by atoms with Crippen molar-refractivity contribution in [2.24, 2.45) is 5.92 Å². The van der Waals surface area contributed by atoms with E-state index in [1.165, 1.54) is 12.8 Å². The molecule has 2 rings (SSSR count). The van der Waals surface area contributed by atoms with Gasteiger partial charge < -0.3 is 4.90 Å². The molecule has 0 amide bonds. The number of hydrogen-bond donors (Lipinski definition) is 0. The van der Waals surface area contributed by atoms with Crippen LogP contribution in [0.3, 0.4) is 0 Å². The van der Waals surface area contributed by atoms with Crippen LogP contribution in [0.25, 0.3) is 0 Å². The highest BCUT2D eigenvalue weighted by Gasteiger charge is 2.24. The number of alkyl halides is 1. The summed E-state index contributed by atoms with van der Waals surface area (Å²) >= 11 is 12.2. The second-order valence-corrected chi connectivity index (χ2v) is 5.78. The Kier molecular flexibility index (Phi) is 4.22. The van der Waals surface area contributed by atoms with Gasteiger partial charge >= 0.3 is 0 Å². The molecule has 0 saturated carbocycles. The number of benzene rings is 1. The van der Waals surface area contributed by atoms with Crippen LogP contribution in [-0.4, -0.2) is 12.6 Å². The van der Waals surface area contributed by atoms with Crippen LogP contribution in [0.4, 0.5) is 5.69 Å². The zero-order chi connectivity index (χ0) is 12.4. The summed E-state index contributed by atoms with van der Waals surface area (Å²) in [6.07, 6.45) is 2.56. The topological polar surface area (TPSA) is 3.24 Å². The van der Waals surface area contributed by atoms with Gasteiger partial charge in [-0.2, -0.15) is 0 Å². The first kappa shape index (κ1) is 13.0. The minimum Gasteiger partial charge on any atom is -0.367 e. The van der Waals surface area contributed by atoms with Crippen molar-refractivity contribution in [1.82, 2.24) is 0 Å². The van der Waals surface area contributed by atoms with Gasteiger partial charge in [0.05, 0.1) is 10.7 Å². The standard InChI is InChI=1S/C14H19Cl2N/c1-10-3-4-11(2)17(9-10)14-6-5-12(8-15)7-13(14)16/h5-7,10-11H,3-4,8-9H2,1-2H3. The van der Waals surface area contributed by atoms with Crippen LogP contribution in [0.1, 0.15) is 32.3 Å². The maximum atomic E-state index is 6.35. The number of anilines is 1. The molecule has 1 nitrogen and oxygen atoms in total. The highest BCUT2D eigenvalue weighted by molar-refractivity contribution is 6.33. The van der Waals surface area contributed by atoms with E-state index in [0.29, 0.717) is 11.9 Å². The minimum absolute atomic E-state index is 0.520. The summed E-state index contributed by atoms with van der Waals surface area (Å²) in [5, 5.41) is 0.823. The lowest BCUT2D eigenvalue weighted by molar-refractivity contribution is 0.390. The van der Waals surface area contributed by atoms with E-state index in [4.69, 9.17) is 23.2 Å². The molecule has 0 radical (unpaired) electrons. The van der Waals surface area contributed by atoms with E-state index in [9.17, 15) is 0 Å². The zero-order valence-corrected chi connectivity index (χ0v) is 11.9. The molecule has 1 aromatic rings. The molecule has 0 aliphatic carbocycles. The highest BCUT2D eigenvalue weighted by Crippen LogP contribution is 2.33. The van der Waals surface area contributed by atoms with Crippen LogP contribution in [0, 0.1) is 5.92 Å². The van der Waals surface area contributed by atoms with Crippen LogP contribution in [-0.2, 0) is 5.88 Å². The van der Waals surface area contributed by atoms with Crippen molar-refractivity contribution < 1.29 is 0 Å². The predicted molar refractivity (Wildman–Crippen MR) is 76.2 cm³/mol. The Hall–Kier alpha value is -0.400. The Labute approximate surface area is 114 Å². The molecule has 1 aromatic carbocycles. The molecule has 17 heavy (non-hydrogen) atoms. The molecular formula is C14H19Cl2N. The van der Waals surface area contributed by atoms with Gasteiger partial charge in [-0.1, -0.05) is 24.6 Å². The number of nitrogens with zero attached hydrogens (tertiary/aromatic N) is 1. The number of rotatable bonds is 2. The van der Waals surface area contributed by atoms with Crippen molar-refractivity contribution in [1.29, 1.82) is 0 Å². The first-order valence-corrected chi connectivity index (χ1v) is 7.14. The summed E-state index contributed by atoms with van der Waals surface area (Å²) in [5.41, 5.74) is 2.23. The first-order valence-electron chi connectivity index (χ1n) is 6.23. The Morgan fingerprint density at radius 3 is 2.71 bits per heavy atom. The Balaban J connectivity index is 2.26. The molecule has 1 aliphatic rings. The first-order chi connectivity index (χ1) is 8.11. The van der Waals surface area contributed by atoms with Gasteiger partial charge in [0, 0.05) is 18.5 Å². The highest BCUT2D eigenvalue weighted by atomic mass is 35.5. The lowest BCUT2D eigenvalue weighted by Crippen LogP contribution is -2.41. The van der Waals surface area contributed by atoms with Crippen LogP contribution in [0.15, 0.2) is 18.2 Å². The molecule has 1 saturated heterocycles. The number of hydrogen-bond acceptors (Lipinski definition) is 1. The summed E-state index contributed by atoms with van der Waals surface area (Å²) in [6, 6.07) is 6.73. The Bertz CT molecular complexity index is 392. The second-order valence-electron chi connectivity index (χ2n) is 5.10. The van der Waals surface area contributed by atoms with Gasteiger partial charge in [0.2, 0.25) is 0 Å². The van der Waals surface area contributed by atoms with Crippen LogP contribution >= 0.6 is 23.2 Å².